The Hall–Kier alpha value is -2.29. The molecular formula is C22H29NO2. The molecule has 1 heterocycles. The molecule has 2 rings (SSSR count). The SMILES string of the molecule is CCOC(=O)/C=C/C=C/C=C(\C)c1ccc2c(c1)CCCN2C(C)C. The van der Waals surface area contributed by atoms with Gasteiger partial charge in [0.1, 0.15) is 0 Å². The lowest BCUT2D eigenvalue weighted by Crippen LogP contribution is -2.35. The van der Waals surface area contributed by atoms with E-state index in [1.807, 2.05) is 12.2 Å². The van der Waals surface area contributed by atoms with Gasteiger partial charge in [0.05, 0.1) is 6.61 Å². The zero-order chi connectivity index (χ0) is 18.2. The third kappa shape index (κ3) is 5.35. The minimum atomic E-state index is -0.308. The summed E-state index contributed by atoms with van der Waals surface area (Å²) in [5, 5.41) is 0. The predicted octanol–water partition coefficient (Wildman–Crippen LogP) is 4.93. The summed E-state index contributed by atoms with van der Waals surface area (Å²) in [6, 6.07) is 7.31. The Labute approximate surface area is 151 Å². The first-order valence-electron chi connectivity index (χ1n) is 9.11. The van der Waals surface area contributed by atoms with Crippen molar-refractivity contribution < 1.29 is 9.53 Å². The summed E-state index contributed by atoms with van der Waals surface area (Å²) in [5.74, 6) is -0.308. The van der Waals surface area contributed by atoms with Crippen molar-refractivity contribution in [3.8, 4) is 0 Å². The molecule has 0 atom stereocenters. The van der Waals surface area contributed by atoms with Crippen LogP contribution in [0.3, 0.4) is 0 Å². The Morgan fingerprint density at radius 2 is 2.08 bits per heavy atom. The van der Waals surface area contributed by atoms with Gasteiger partial charge in [0.25, 0.3) is 0 Å². The second kappa shape index (κ2) is 9.26. The quantitative estimate of drug-likeness (QED) is 0.418. The molecule has 0 aliphatic carbocycles. The Balaban J connectivity index is 2.07. The predicted molar refractivity (Wildman–Crippen MR) is 106 cm³/mol. The monoisotopic (exact) mass is 339 g/mol. The number of hydrogen-bond acceptors (Lipinski definition) is 3. The number of benzene rings is 1. The van der Waals surface area contributed by atoms with Crippen LogP contribution in [-0.4, -0.2) is 25.2 Å². The average Bonchev–Trinajstić information content (AvgIpc) is 2.60. The molecule has 3 heteroatoms. The summed E-state index contributed by atoms with van der Waals surface area (Å²) in [6.07, 6.45) is 11.4. The lowest BCUT2D eigenvalue weighted by molar-refractivity contribution is -0.137. The first-order valence-corrected chi connectivity index (χ1v) is 9.11. The molecule has 0 fully saturated rings. The summed E-state index contributed by atoms with van der Waals surface area (Å²) < 4.78 is 4.84. The number of nitrogens with zero attached hydrogens (tertiary/aromatic N) is 1. The van der Waals surface area contributed by atoms with Gasteiger partial charge in [-0.1, -0.05) is 30.4 Å². The fourth-order valence-electron chi connectivity index (χ4n) is 3.09. The number of allylic oxidation sites excluding steroid dienone is 5. The topological polar surface area (TPSA) is 29.5 Å². The van der Waals surface area contributed by atoms with E-state index in [9.17, 15) is 4.79 Å². The summed E-state index contributed by atoms with van der Waals surface area (Å²) in [5.41, 5.74) is 5.29. The number of ether oxygens (including phenoxy) is 1. The number of anilines is 1. The van der Waals surface area contributed by atoms with Crippen LogP contribution < -0.4 is 4.90 Å². The molecule has 1 aromatic carbocycles. The minimum Gasteiger partial charge on any atom is -0.463 e. The minimum absolute atomic E-state index is 0.308. The van der Waals surface area contributed by atoms with Crippen LogP contribution in [-0.2, 0) is 16.0 Å². The van der Waals surface area contributed by atoms with Gasteiger partial charge < -0.3 is 9.64 Å². The molecule has 134 valence electrons. The number of carbonyl (C=O) groups is 1. The molecular weight excluding hydrogens is 310 g/mol. The lowest BCUT2D eigenvalue weighted by Gasteiger charge is -2.35. The molecule has 1 aromatic rings. The van der Waals surface area contributed by atoms with E-state index in [4.69, 9.17) is 4.74 Å². The van der Waals surface area contributed by atoms with Crippen molar-refractivity contribution >= 4 is 17.2 Å². The van der Waals surface area contributed by atoms with Crippen LogP contribution >= 0.6 is 0 Å². The Kier molecular flexibility index (Phi) is 7.05. The highest BCUT2D eigenvalue weighted by molar-refractivity contribution is 5.82. The van der Waals surface area contributed by atoms with Gasteiger partial charge in [-0.15, -0.1) is 0 Å². The molecule has 0 unspecified atom stereocenters. The lowest BCUT2D eigenvalue weighted by atomic mass is 9.95. The summed E-state index contributed by atoms with van der Waals surface area (Å²) >= 11 is 0. The first kappa shape index (κ1) is 19.0. The second-order valence-corrected chi connectivity index (χ2v) is 6.58. The fourth-order valence-corrected chi connectivity index (χ4v) is 3.09. The van der Waals surface area contributed by atoms with E-state index in [0.717, 1.165) is 13.0 Å². The average molecular weight is 339 g/mol. The van der Waals surface area contributed by atoms with Crippen molar-refractivity contribution in [2.45, 2.75) is 46.6 Å². The van der Waals surface area contributed by atoms with E-state index < -0.39 is 0 Å². The Morgan fingerprint density at radius 3 is 2.80 bits per heavy atom. The van der Waals surface area contributed by atoms with Crippen molar-refractivity contribution in [1.82, 2.24) is 0 Å². The summed E-state index contributed by atoms with van der Waals surface area (Å²) in [4.78, 5) is 13.7. The molecule has 0 spiro atoms. The number of esters is 1. The largest absolute Gasteiger partial charge is 0.463 e. The van der Waals surface area contributed by atoms with E-state index in [-0.39, 0.29) is 5.97 Å². The van der Waals surface area contributed by atoms with Gasteiger partial charge in [-0.2, -0.15) is 0 Å². The maximum absolute atomic E-state index is 11.2. The van der Waals surface area contributed by atoms with Gasteiger partial charge >= 0.3 is 5.97 Å². The van der Waals surface area contributed by atoms with E-state index in [0.29, 0.717) is 12.6 Å². The molecule has 0 N–H and O–H groups in total. The fraction of sp³-hybridized carbons (Fsp3) is 0.409. The van der Waals surface area contributed by atoms with E-state index in [1.54, 1.807) is 13.0 Å². The number of fused-ring (bicyclic) bond motifs is 1. The van der Waals surface area contributed by atoms with Crippen LogP contribution in [0, 0.1) is 0 Å². The van der Waals surface area contributed by atoms with Crippen molar-refractivity contribution in [3.63, 3.8) is 0 Å². The van der Waals surface area contributed by atoms with E-state index in [1.165, 1.54) is 34.9 Å². The van der Waals surface area contributed by atoms with Gasteiger partial charge in [0.15, 0.2) is 0 Å². The molecule has 0 radical (unpaired) electrons. The molecule has 0 saturated heterocycles. The van der Waals surface area contributed by atoms with Gasteiger partial charge in [0.2, 0.25) is 0 Å². The maximum atomic E-state index is 11.2. The second-order valence-electron chi connectivity index (χ2n) is 6.58. The van der Waals surface area contributed by atoms with Crippen LogP contribution in [0.2, 0.25) is 0 Å². The normalized spacial score (nSPS) is 15.2. The van der Waals surface area contributed by atoms with Gasteiger partial charge in [-0.25, -0.2) is 4.79 Å². The van der Waals surface area contributed by atoms with Gasteiger partial charge in [0, 0.05) is 24.4 Å². The maximum Gasteiger partial charge on any atom is 0.330 e. The van der Waals surface area contributed by atoms with Crippen molar-refractivity contribution in [1.29, 1.82) is 0 Å². The van der Waals surface area contributed by atoms with Gasteiger partial charge in [-0.3, -0.25) is 0 Å². The highest BCUT2D eigenvalue weighted by Crippen LogP contribution is 2.31. The molecule has 3 nitrogen and oxygen atoms in total. The van der Waals surface area contributed by atoms with Crippen molar-refractivity contribution in [2.75, 3.05) is 18.1 Å². The number of rotatable bonds is 6. The van der Waals surface area contributed by atoms with Crippen LogP contribution in [0.25, 0.3) is 5.57 Å². The third-order valence-corrected chi connectivity index (χ3v) is 4.40. The van der Waals surface area contributed by atoms with Crippen molar-refractivity contribution in [2.24, 2.45) is 0 Å². The zero-order valence-electron chi connectivity index (χ0n) is 15.8. The highest BCUT2D eigenvalue weighted by Gasteiger charge is 2.19. The molecule has 0 saturated carbocycles. The Morgan fingerprint density at radius 1 is 1.28 bits per heavy atom. The number of carbonyl (C=O) groups excluding carboxylic acids is 1. The molecule has 0 bridgehead atoms. The molecule has 0 aromatic heterocycles. The van der Waals surface area contributed by atoms with Crippen LogP contribution in [0.5, 0.6) is 0 Å². The van der Waals surface area contributed by atoms with E-state index in [2.05, 4.69) is 49.9 Å². The van der Waals surface area contributed by atoms with Crippen molar-refractivity contribution in [3.05, 3.63) is 59.7 Å². The molecule has 1 aliphatic heterocycles. The molecule has 0 amide bonds. The zero-order valence-corrected chi connectivity index (χ0v) is 15.8. The van der Waals surface area contributed by atoms with Crippen LogP contribution in [0.15, 0.2) is 48.6 Å². The number of aryl methyl sites for hydroxylation is 1. The Bertz CT molecular complexity index is 683. The molecule has 25 heavy (non-hydrogen) atoms. The number of hydrogen-bond donors (Lipinski definition) is 0. The summed E-state index contributed by atoms with van der Waals surface area (Å²) in [6.45, 7) is 9.97. The van der Waals surface area contributed by atoms with Crippen LogP contribution in [0.4, 0.5) is 5.69 Å². The third-order valence-electron chi connectivity index (χ3n) is 4.40. The van der Waals surface area contributed by atoms with Gasteiger partial charge in [-0.05, 0) is 69.4 Å². The smallest absolute Gasteiger partial charge is 0.330 e. The highest BCUT2D eigenvalue weighted by atomic mass is 16.5. The van der Waals surface area contributed by atoms with E-state index >= 15 is 0 Å². The molecule has 1 aliphatic rings. The summed E-state index contributed by atoms with van der Waals surface area (Å²) in [7, 11) is 0. The standard InChI is InChI=1S/C22H29NO2/c1-5-25-22(24)12-8-6-7-10-18(4)19-13-14-21-20(16-19)11-9-15-23(21)17(2)3/h6-8,10,12-14,16-17H,5,9,11,15H2,1-4H3/b7-6+,12-8+,18-10+. The van der Waals surface area contributed by atoms with Crippen LogP contribution in [0.1, 0.15) is 45.2 Å². The first-order chi connectivity index (χ1) is 12.0.